The lowest BCUT2D eigenvalue weighted by atomic mass is 9.98. The van der Waals surface area contributed by atoms with Gasteiger partial charge in [-0.05, 0) is 152 Å². The fourth-order valence-corrected chi connectivity index (χ4v) is 11.3. The van der Waals surface area contributed by atoms with Gasteiger partial charge in [-0.1, -0.05) is 50.2 Å². The summed E-state index contributed by atoms with van der Waals surface area (Å²) in [6, 6.07) is 4.83. The Morgan fingerprint density at radius 1 is 0.689 bits per heavy atom. The molecule has 103 heavy (non-hydrogen) atoms. The Morgan fingerprint density at radius 3 is 1.83 bits per heavy atom. The number of fused-ring (bicyclic) bond motifs is 2. The van der Waals surface area contributed by atoms with Gasteiger partial charge in [0.05, 0.1) is 24.0 Å². The maximum absolute atomic E-state index is 15.5. The smallest absolute Gasteiger partial charge is 0.338 e. The Balaban J connectivity index is 1.12. The molecule has 4 heterocycles. The van der Waals surface area contributed by atoms with Gasteiger partial charge in [0.15, 0.2) is 11.6 Å². The Bertz CT molecular complexity index is 3960. The van der Waals surface area contributed by atoms with Crippen LogP contribution >= 0.6 is 0 Å². The summed E-state index contributed by atoms with van der Waals surface area (Å²) in [5, 5.41) is 48.5. The van der Waals surface area contributed by atoms with Gasteiger partial charge in [-0.2, -0.15) is 10.1 Å². The van der Waals surface area contributed by atoms with Crippen LogP contribution in [0.1, 0.15) is 100 Å². The molecule has 0 bridgehead atoms. The SMILES string of the molecule is Cc1cc2c(F)c(Oc3ncnn4cc(OC[C@@H](C)OC(=O)c5ccc(-c6ccc(C[C@H]7NC(=O)C(CCN)NC(=O)[C@@H](NC(=O)[C@H](CCN)NC(=O)[C@@H](N)[C@@H](C)O)CCNC(=O)[C@H]([C@@H](C)O)NC(=O)[C@H](CCN)NC(=O)[C@H](CCN)NC(=O)[C@H](CC(C)C)NC7=O)cc6)cc5)c(C)c34)ccc2[nH]1. The van der Waals surface area contributed by atoms with Crippen LogP contribution in [0.2, 0.25) is 0 Å². The van der Waals surface area contributed by atoms with Crippen molar-refractivity contribution in [2.45, 2.75) is 166 Å². The van der Waals surface area contributed by atoms with Crippen molar-refractivity contribution in [1.82, 2.24) is 67.4 Å². The second-order valence-corrected chi connectivity index (χ2v) is 25.8. The number of carbonyl (C=O) groups is 10. The van der Waals surface area contributed by atoms with E-state index in [1.165, 1.54) is 30.8 Å². The minimum absolute atomic E-state index is 0.00351. The maximum atomic E-state index is 15.5. The number of amides is 9. The Kier molecular flexibility index (Phi) is 29.3. The van der Waals surface area contributed by atoms with Crippen molar-refractivity contribution in [1.29, 1.82) is 0 Å². The van der Waals surface area contributed by atoms with E-state index in [2.05, 4.69) is 62.9 Å². The topological polar surface area (TPSA) is 523 Å². The number of ether oxygens (including phenoxy) is 3. The summed E-state index contributed by atoms with van der Waals surface area (Å²) < 4.78 is 34.8. The van der Waals surface area contributed by atoms with Crippen LogP contribution in [0.25, 0.3) is 27.5 Å². The first-order chi connectivity index (χ1) is 49.0. The van der Waals surface area contributed by atoms with E-state index < -0.39 is 151 Å². The highest BCUT2D eigenvalue weighted by atomic mass is 19.1. The Hall–Kier alpha value is -10.2. The van der Waals surface area contributed by atoms with Crippen LogP contribution < -0.4 is 86.0 Å². The Morgan fingerprint density at radius 2 is 1.25 bits per heavy atom. The largest absolute Gasteiger partial charge is 0.488 e. The lowest BCUT2D eigenvalue weighted by Gasteiger charge is -2.28. The molecule has 1 unspecified atom stereocenters. The standard InChI is InChI=1S/C69H95FN18O15/c1-34(2)28-51-64(96)82-46(18-23-71)59(91)81-49(21-26-74)63(95)87-57(39(7)90)67(99)76-27-22-50(83-60(92)48(20-25-73)84-66(98)56(75)38(6)89)62(94)80-47(19-24-72)61(93)86-52(65(97)85-51)30-40-8-10-41(11-9-40)42-12-14-43(15-13-42)69(100)102-36(4)32-101-54-31-88-58(37(54)5)68(77-33-78-88)103-53-17-16-45-44(55(53)70)29-35(3)79-45/h8-17,29,31,33-34,36,38-39,46-52,56-57,79,89-90H,18-28,30,32,71-75H2,1-7H3,(H,76,99)(H,80,94)(H,81,91)(H,82,96)(H,83,92)(H,84,98)(H,85,97)(H,86,93)(H,87,95)/t36-,38-,39-,46+,47?,48+,49+,50+,51+,52-,56+,57+/m1/s1. The first-order valence-electron chi connectivity index (χ1n) is 34.0. The monoisotopic (exact) mass is 1430 g/mol. The van der Waals surface area contributed by atoms with Crippen molar-refractivity contribution in [3.63, 3.8) is 0 Å². The van der Waals surface area contributed by atoms with Crippen LogP contribution in [-0.2, 0) is 54.3 Å². The van der Waals surface area contributed by atoms with E-state index in [-0.39, 0.29) is 94.4 Å². The summed E-state index contributed by atoms with van der Waals surface area (Å²) in [5.74, 6) is -9.43. The number of aliphatic hydroxyl groups excluding tert-OH is 2. The molecule has 0 radical (unpaired) electrons. The number of hydrogen-bond acceptors (Lipinski definition) is 22. The third-order valence-corrected chi connectivity index (χ3v) is 17.0. The number of rotatable bonds is 26. The number of nitrogens with one attached hydrogen (secondary N) is 10. The number of hydrogen-bond donors (Lipinski definition) is 17. The molecule has 22 N–H and O–H groups in total. The number of H-pyrrole nitrogens is 1. The van der Waals surface area contributed by atoms with Gasteiger partial charge in [0.1, 0.15) is 84.7 Å². The van der Waals surface area contributed by atoms with Crippen molar-refractivity contribution in [2.24, 2.45) is 34.6 Å². The van der Waals surface area contributed by atoms with Crippen molar-refractivity contribution in [3.8, 4) is 28.5 Å². The summed E-state index contributed by atoms with van der Waals surface area (Å²) in [5.41, 5.74) is 33.9. The van der Waals surface area contributed by atoms with Gasteiger partial charge in [-0.15, -0.1) is 0 Å². The summed E-state index contributed by atoms with van der Waals surface area (Å²) in [6.07, 6.45) is -2.24. The zero-order valence-corrected chi connectivity index (χ0v) is 58.5. The van der Waals surface area contributed by atoms with Gasteiger partial charge >= 0.3 is 5.97 Å². The maximum Gasteiger partial charge on any atom is 0.338 e. The van der Waals surface area contributed by atoms with E-state index in [1.807, 2.05) is 6.92 Å². The molecule has 3 aromatic carbocycles. The average molecular weight is 1440 g/mol. The third-order valence-electron chi connectivity index (χ3n) is 17.0. The first kappa shape index (κ1) is 80.1. The van der Waals surface area contributed by atoms with Gasteiger partial charge < -0.3 is 106 Å². The number of aromatic nitrogens is 4. The number of aryl methyl sites for hydroxylation is 2. The molecule has 0 spiro atoms. The van der Waals surface area contributed by atoms with Crippen molar-refractivity contribution < 1.29 is 76.8 Å². The summed E-state index contributed by atoms with van der Waals surface area (Å²) >= 11 is 0. The number of nitrogens with two attached hydrogens (primary N) is 5. The normalized spacial score (nSPS) is 20.7. The first-order valence-corrected chi connectivity index (χ1v) is 34.0. The highest BCUT2D eigenvalue weighted by molar-refractivity contribution is 5.99. The second-order valence-electron chi connectivity index (χ2n) is 25.8. The molecule has 3 aromatic heterocycles. The molecule has 6 aromatic rings. The lowest BCUT2D eigenvalue weighted by molar-refractivity contribution is -0.136. The highest BCUT2D eigenvalue weighted by Crippen LogP contribution is 2.35. The van der Waals surface area contributed by atoms with Crippen LogP contribution in [0.4, 0.5) is 4.39 Å². The highest BCUT2D eigenvalue weighted by Gasteiger charge is 2.37. The molecule has 558 valence electrons. The lowest BCUT2D eigenvalue weighted by Crippen LogP contribution is -2.61. The van der Waals surface area contributed by atoms with E-state index in [0.29, 0.717) is 44.4 Å². The number of benzene rings is 3. The molecule has 1 saturated heterocycles. The molecular weight excluding hydrogens is 1340 g/mol. The Labute approximate surface area is 593 Å². The van der Waals surface area contributed by atoms with Crippen LogP contribution in [-0.4, -0.2) is 201 Å². The number of halogens is 1. The third kappa shape index (κ3) is 21.9. The molecule has 34 heteroatoms. The predicted octanol–water partition coefficient (Wildman–Crippen LogP) is -1.48. The van der Waals surface area contributed by atoms with Crippen LogP contribution in [0.15, 0.2) is 79.3 Å². The molecule has 0 aliphatic carbocycles. The quantitative estimate of drug-likeness (QED) is 0.0275. The van der Waals surface area contributed by atoms with Crippen LogP contribution in [0.3, 0.4) is 0 Å². The number of aliphatic hydroxyl groups is 2. The zero-order chi connectivity index (χ0) is 75.4. The van der Waals surface area contributed by atoms with Gasteiger partial charge in [0.2, 0.25) is 59.0 Å². The number of nitrogens with zero attached hydrogens (tertiary/aromatic N) is 3. The number of aromatic amines is 1. The summed E-state index contributed by atoms with van der Waals surface area (Å²) in [6.45, 7) is 10.1. The van der Waals surface area contributed by atoms with Crippen molar-refractivity contribution in [3.05, 3.63) is 107 Å². The summed E-state index contributed by atoms with van der Waals surface area (Å²) in [7, 11) is 0. The molecule has 12 atom stereocenters. The van der Waals surface area contributed by atoms with E-state index in [9.17, 15) is 58.2 Å². The molecule has 9 amide bonds. The number of esters is 1. The van der Waals surface area contributed by atoms with Gasteiger partial charge in [-0.25, -0.2) is 13.7 Å². The minimum atomic E-state index is -1.68. The fraction of sp³-hybridized carbons (Fsp3) is 0.478. The summed E-state index contributed by atoms with van der Waals surface area (Å²) in [4.78, 5) is 148. The van der Waals surface area contributed by atoms with E-state index in [1.54, 1.807) is 94.6 Å². The fourth-order valence-electron chi connectivity index (χ4n) is 11.3. The van der Waals surface area contributed by atoms with Gasteiger partial charge in [0, 0.05) is 35.1 Å². The van der Waals surface area contributed by atoms with Crippen LogP contribution in [0.5, 0.6) is 17.4 Å². The van der Waals surface area contributed by atoms with Gasteiger partial charge in [-0.3, -0.25) is 43.2 Å². The molecule has 1 fully saturated rings. The molecule has 33 nitrogen and oxygen atoms in total. The van der Waals surface area contributed by atoms with E-state index in [0.717, 1.165) is 5.69 Å². The van der Waals surface area contributed by atoms with E-state index in [4.69, 9.17) is 42.9 Å². The predicted molar refractivity (Wildman–Crippen MR) is 375 cm³/mol. The van der Waals surface area contributed by atoms with Gasteiger partial charge in [0.25, 0.3) is 0 Å². The van der Waals surface area contributed by atoms with Crippen molar-refractivity contribution in [2.75, 3.05) is 39.3 Å². The molecule has 1 aliphatic heterocycles. The second kappa shape index (κ2) is 37.6. The van der Waals surface area contributed by atoms with Crippen LogP contribution in [0, 0.1) is 25.6 Å². The minimum Gasteiger partial charge on any atom is -0.488 e. The average Bonchev–Trinajstić information content (AvgIpc) is 1.65. The molecule has 0 saturated carbocycles. The van der Waals surface area contributed by atoms with Crippen molar-refractivity contribution >= 4 is 75.6 Å². The zero-order valence-electron chi connectivity index (χ0n) is 58.5. The van der Waals surface area contributed by atoms with E-state index >= 15 is 4.39 Å². The molecule has 1 aliphatic rings. The molecule has 7 rings (SSSR count). The number of carbonyl (C=O) groups excluding carboxylic acids is 10. The molecular formula is C69H95FN18O15.